The molecular formula is C23H14N4O4. The van der Waals surface area contributed by atoms with E-state index in [0.717, 1.165) is 11.1 Å². The van der Waals surface area contributed by atoms with E-state index in [9.17, 15) is 14.9 Å². The number of nitrogens with zero attached hydrogens (tertiary/aromatic N) is 4. The summed E-state index contributed by atoms with van der Waals surface area (Å²) in [7, 11) is 0. The smallest absolute Gasteiger partial charge is 0.310 e. The van der Waals surface area contributed by atoms with E-state index in [2.05, 4.69) is 10.3 Å². The van der Waals surface area contributed by atoms with Gasteiger partial charge in [0.15, 0.2) is 5.52 Å². The first kappa shape index (κ1) is 18.4. The summed E-state index contributed by atoms with van der Waals surface area (Å²) in [6, 6.07) is 24.8. The molecule has 0 N–H and O–H groups in total. The molecule has 0 aliphatic carbocycles. The fourth-order valence-electron chi connectivity index (χ4n) is 3.54. The lowest BCUT2D eigenvalue weighted by molar-refractivity contribution is -0.384. The summed E-state index contributed by atoms with van der Waals surface area (Å²) < 4.78 is 6.56. The molecule has 0 unspecified atom stereocenters. The number of aromatic nitrogens is 3. The number of benzene rings is 3. The number of nitro groups is 1. The van der Waals surface area contributed by atoms with Gasteiger partial charge in [0, 0.05) is 23.3 Å². The van der Waals surface area contributed by atoms with Crippen LogP contribution in [0.5, 0.6) is 0 Å². The Hall–Kier alpha value is -4.59. The van der Waals surface area contributed by atoms with E-state index in [4.69, 9.17) is 4.52 Å². The first-order valence-electron chi connectivity index (χ1n) is 9.42. The summed E-state index contributed by atoms with van der Waals surface area (Å²) >= 11 is 0. The maximum Gasteiger partial charge on any atom is 0.386 e. The van der Waals surface area contributed by atoms with Crippen molar-refractivity contribution in [1.29, 1.82) is 0 Å². The van der Waals surface area contributed by atoms with Gasteiger partial charge in [-0.2, -0.15) is 5.10 Å². The minimum atomic E-state index is -0.684. The van der Waals surface area contributed by atoms with Gasteiger partial charge in [0.25, 0.3) is 5.69 Å². The van der Waals surface area contributed by atoms with Gasteiger partial charge < -0.3 is 4.52 Å². The third kappa shape index (κ3) is 3.16. The summed E-state index contributed by atoms with van der Waals surface area (Å²) in [5.41, 5.74) is 2.37. The van der Waals surface area contributed by atoms with Crippen molar-refractivity contribution in [3.63, 3.8) is 0 Å². The Morgan fingerprint density at radius 3 is 2.23 bits per heavy atom. The van der Waals surface area contributed by atoms with Crippen molar-refractivity contribution in [2.45, 2.75) is 0 Å². The second kappa shape index (κ2) is 7.34. The topological polar surface area (TPSA) is 104 Å². The van der Waals surface area contributed by atoms with Gasteiger partial charge in [-0.3, -0.25) is 10.1 Å². The molecule has 0 spiro atoms. The normalized spacial score (nSPS) is 11.0. The maximum absolute atomic E-state index is 12.6. The summed E-state index contributed by atoms with van der Waals surface area (Å²) in [5, 5.41) is 20.4. The van der Waals surface area contributed by atoms with E-state index in [1.165, 1.54) is 16.8 Å². The molecular weight excluding hydrogens is 396 g/mol. The predicted octanol–water partition coefficient (Wildman–Crippen LogP) is 4.62. The van der Waals surface area contributed by atoms with Crippen LogP contribution < -0.4 is 5.63 Å². The van der Waals surface area contributed by atoms with Crippen LogP contribution in [0.1, 0.15) is 0 Å². The second-order valence-electron chi connectivity index (χ2n) is 6.81. The molecule has 0 amide bonds. The van der Waals surface area contributed by atoms with Gasteiger partial charge in [-0.15, -0.1) is 0 Å². The molecule has 3 aromatic carbocycles. The molecule has 0 fully saturated rings. The molecule has 0 radical (unpaired) electrons. The average Bonchev–Trinajstić information content (AvgIpc) is 3.22. The van der Waals surface area contributed by atoms with Crippen LogP contribution in [-0.2, 0) is 0 Å². The zero-order valence-electron chi connectivity index (χ0n) is 16.0. The van der Waals surface area contributed by atoms with E-state index in [1.807, 2.05) is 60.7 Å². The van der Waals surface area contributed by atoms with E-state index in [1.54, 1.807) is 12.1 Å². The van der Waals surface area contributed by atoms with Crippen LogP contribution in [0.4, 0.5) is 5.69 Å². The largest absolute Gasteiger partial charge is 0.386 e. The number of fused-ring (bicyclic) bond motifs is 1. The van der Waals surface area contributed by atoms with Crippen LogP contribution in [0.15, 0.2) is 94.2 Å². The van der Waals surface area contributed by atoms with E-state index >= 15 is 0 Å². The summed E-state index contributed by atoms with van der Waals surface area (Å²) in [6.45, 7) is 0. The van der Waals surface area contributed by atoms with Crippen LogP contribution in [0.2, 0.25) is 0 Å². The molecule has 150 valence electrons. The van der Waals surface area contributed by atoms with Crippen molar-refractivity contribution < 1.29 is 9.45 Å². The minimum absolute atomic E-state index is 0.0792. The van der Waals surface area contributed by atoms with Crippen LogP contribution in [-0.4, -0.2) is 19.9 Å². The molecule has 0 aliphatic rings. The van der Waals surface area contributed by atoms with Crippen LogP contribution >= 0.6 is 0 Å². The molecule has 0 bridgehead atoms. The van der Waals surface area contributed by atoms with Gasteiger partial charge in [-0.25, -0.2) is 9.48 Å². The van der Waals surface area contributed by atoms with Crippen LogP contribution in [0.25, 0.3) is 39.1 Å². The number of hydrogen-bond acceptors (Lipinski definition) is 6. The highest BCUT2D eigenvalue weighted by Gasteiger charge is 2.23. The zero-order valence-corrected chi connectivity index (χ0v) is 16.0. The zero-order chi connectivity index (χ0) is 21.4. The molecule has 0 saturated carbocycles. The molecule has 31 heavy (non-hydrogen) atoms. The number of nitro benzene ring substituents is 1. The number of rotatable bonds is 4. The molecule has 5 aromatic rings. The molecule has 0 aliphatic heterocycles. The van der Waals surface area contributed by atoms with Crippen molar-refractivity contribution in [1.82, 2.24) is 14.9 Å². The quantitative estimate of drug-likeness (QED) is 0.316. The Bertz CT molecular complexity index is 1470. The molecule has 0 saturated heterocycles. The summed E-state index contributed by atoms with van der Waals surface area (Å²) in [5.74, 6) is 0. The summed E-state index contributed by atoms with van der Waals surface area (Å²) in [4.78, 5) is 23.4. The van der Waals surface area contributed by atoms with Gasteiger partial charge in [0.2, 0.25) is 0 Å². The summed E-state index contributed by atoms with van der Waals surface area (Å²) in [6.07, 6.45) is 0. The van der Waals surface area contributed by atoms with Crippen molar-refractivity contribution in [3.05, 3.63) is 105 Å². The first-order valence-corrected chi connectivity index (χ1v) is 9.42. The highest BCUT2D eigenvalue weighted by molar-refractivity contribution is 6.02. The fraction of sp³-hybridized carbons (Fsp3) is 0. The minimum Gasteiger partial charge on any atom is -0.310 e. The lowest BCUT2D eigenvalue weighted by Gasteiger charge is -2.09. The van der Waals surface area contributed by atoms with Crippen molar-refractivity contribution in [2.75, 3.05) is 0 Å². The van der Waals surface area contributed by atoms with Crippen LogP contribution in [0.3, 0.4) is 0 Å². The molecule has 2 heterocycles. The standard InChI is InChI=1S/C23H14N4O4/c28-23-21-19(20(25-31-23)15-8-3-1-4-9-15)22(16-10-5-2-6-11-16)26(24-21)17-12-7-13-18(14-17)27(29)30/h1-14H. The Kier molecular flexibility index (Phi) is 4.37. The van der Waals surface area contributed by atoms with Gasteiger partial charge in [-0.1, -0.05) is 71.9 Å². The third-order valence-corrected chi connectivity index (χ3v) is 4.91. The van der Waals surface area contributed by atoms with E-state index < -0.39 is 10.5 Å². The van der Waals surface area contributed by atoms with Gasteiger partial charge >= 0.3 is 5.63 Å². The Morgan fingerprint density at radius 2 is 1.55 bits per heavy atom. The number of hydrogen-bond donors (Lipinski definition) is 0. The molecule has 8 nitrogen and oxygen atoms in total. The maximum atomic E-state index is 12.6. The van der Waals surface area contributed by atoms with Gasteiger partial charge in [-0.05, 0) is 6.07 Å². The van der Waals surface area contributed by atoms with E-state index in [-0.39, 0.29) is 11.2 Å². The highest BCUT2D eigenvalue weighted by Crippen LogP contribution is 2.35. The van der Waals surface area contributed by atoms with Gasteiger partial charge in [0.1, 0.15) is 5.69 Å². The molecule has 8 heteroatoms. The van der Waals surface area contributed by atoms with Gasteiger partial charge in [0.05, 0.1) is 21.7 Å². The number of non-ortho nitro benzene ring substituents is 1. The Labute approximate surface area is 175 Å². The fourth-order valence-corrected chi connectivity index (χ4v) is 3.54. The Balaban J connectivity index is 1.91. The molecule has 0 atom stereocenters. The van der Waals surface area contributed by atoms with Crippen LogP contribution in [0, 0.1) is 10.1 Å². The van der Waals surface area contributed by atoms with E-state index in [0.29, 0.717) is 22.5 Å². The second-order valence-corrected chi connectivity index (χ2v) is 6.81. The first-order chi connectivity index (χ1) is 15.1. The SMILES string of the molecule is O=c1onc(-c2ccccc2)c2c(-c3ccccc3)n(-c3cccc([N+](=O)[O-])c3)nc12. The molecule has 2 aromatic heterocycles. The van der Waals surface area contributed by atoms with Crippen molar-refractivity contribution >= 4 is 16.6 Å². The third-order valence-electron chi connectivity index (χ3n) is 4.91. The van der Waals surface area contributed by atoms with Crippen molar-refractivity contribution in [3.8, 4) is 28.2 Å². The highest BCUT2D eigenvalue weighted by atomic mass is 16.6. The average molecular weight is 410 g/mol. The lowest BCUT2D eigenvalue weighted by atomic mass is 10.0. The lowest BCUT2D eigenvalue weighted by Crippen LogP contribution is -2.03. The monoisotopic (exact) mass is 410 g/mol. The van der Waals surface area contributed by atoms with Crippen molar-refractivity contribution in [2.24, 2.45) is 0 Å². The Morgan fingerprint density at radius 1 is 0.871 bits per heavy atom. The predicted molar refractivity (Wildman–Crippen MR) is 115 cm³/mol. The molecule has 5 rings (SSSR count).